The highest BCUT2D eigenvalue weighted by Gasteiger charge is 2.26. The topological polar surface area (TPSA) is 53.1 Å². The highest BCUT2D eigenvalue weighted by atomic mass is 16.4. The number of carboxylic acids is 1. The van der Waals surface area contributed by atoms with Crippen LogP contribution in [0, 0.1) is 0 Å². The van der Waals surface area contributed by atoms with E-state index in [0.717, 1.165) is 5.52 Å². The summed E-state index contributed by atoms with van der Waals surface area (Å²) in [6, 6.07) is 5.27. The van der Waals surface area contributed by atoms with Crippen molar-refractivity contribution >= 4 is 16.9 Å². The molecular formula is C12H11NO2. The maximum Gasteiger partial charge on any atom is 0.335 e. The highest BCUT2D eigenvalue weighted by molar-refractivity contribution is 5.94. The van der Waals surface area contributed by atoms with Gasteiger partial charge in [0.1, 0.15) is 0 Å². The molecule has 1 fully saturated rings. The van der Waals surface area contributed by atoms with Crippen molar-refractivity contribution in [2.24, 2.45) is 0 Å². The quantitative estimate of drug-likeness (QED) is 0.784. The number of aromatic amines is 1. The summed E-state index contributed by atoms with van der Waals surface area (Å²) in [5.41, 5.74) is 2.60. The summed E-state index contributed by atoms with van der Waals surface area (Å²) in [6.07, 6.45) is 4.52. The van der Waals surface area contributed by atoms with Gasteiger partial charge in [-0.25, -0.2) is 4.79 Å². The van der Waals surface area contributed by atoms with Gasteiger partial charge < -0.3 is 10.1 Å². The van der Waals surface area contributed by atoms with Gasteiger partial charge in [-0.2, -0.15) is 0 Å². The van der Waals surface area contributed by atoms with Crippen LogP contribution in [0.3, 0.4) is 0 Å². The number of benzene rings is 1. The second-order valence-electron chi connectivity index (χ2n) is 4.08. The third kappa shape index (κ3) is 1.31. The van der Waals surface area contributed by atoms with Gasteiger partial charge in [-0.3, -0.25) is 0 Å². The molecule has 1 aromatic carbocycles. The minimum atomic E-state index is -0.875. The fourth-order valence-electron chi connectivity index (χ4n) is 2.01. The zero-order chi connectivity index (χ0) is 10.4. The number of fused-ring (bicyclic) bond motifs is 1. The summed E-state index contributed by atoms with van der Waals surface area (Å²) in [5.74, 6) is -0.186. The van der Waals surface area contributed by atoms with Crippen molar-refractivity contribution in [3.8, 4) is 0 Å². The van der Waals surface area contributed by atoms with Crippen molar-refractivity contribution in [3.63, 3.8) is 0 Å². The van der Waals surface area contributed by atoms with E-state index in [4.69, 9.17) is 5.11 Å². The molecule has 3 heteroatoms. The predicted molar refractivity (Wildman–Crippen MR) is 57.2 cm³/mol. The molecule has 1 heterocycles. The first-order valence-electron chi connectivity index (χ1n) is 5.10. The number of carboxylic acid groups (broad SMARTS) is 1. The van der Waals surface area contributed by atoms with Crippen LogP contribution < -0.4 is 0 Å². The van der Waals surface area contributed by atoms with Gasteiger partial charge >= 0.3 is 5.97 Å². The van der Waals surface area contributed by atoms with Gasteiger partial charge in [0.15, 0.2) is 0 Å². The van der Waals surface area contributed by atoms with Gasteiger partial charge in [-0.05, 0) is 36.5 Å². The van der Waals surface area contributed by atoms with Gasteiger partial charge in [0.05, 0.1) is 5.56 Å². The van der Waals surface area contributed by atoms with E-state index in [9.17, 15) is 4.79 Å². The Morgan fingerprint density at radius 2 is 2.20 bits per heavy atom. The molecule has 0 spiro atoms. The number of carbonyl (C=O) groups is 1. The van der Waals surface area contributed by atoms with Crippen molar-refractivity contribution in [1.82, 2.24) is 4.98 Å². The van der Waals surface area contributed by atoms with Crippen LogP contribution in [0.4, 0.5) is 0 Å². The number of H-pyrrole nitrogens is 1. The van der Waals surface area contributed by atoms with Crippen molar-refractivity contribution in [1.29, 1.82) is 0 Å². The average molecular weight is 201 g/mol. The number of hydrogen-bond acceptors (Lipinski definition) is 1. The highest BCUT2D eigenvalue weighted by Crippen LogP contribution is 2.43. The second kappa shape index (κ2) is 2.86. The Kier molecular flexibility index (Phi) is 1.63. The molecule has 0 aliphatic heterocycles. The van der Waals surface area contributed by atoms with Crippen LogP contribution in [0.15, 0.2) is 24.4 Å². The van der Waals surface area contributed by atoms with Gasteiger partial charge in [-0.1, -0.05) is 6.07 Å². The Balaban J connectivity index is 2.17. The van der Waals surface area contributed by atoms with Crippen LogP contribution >= 0.6 is 0 Å². The molecule has 15 heavy (non-hydrogen) atoms. The lowest BCUT2D eigenvalue weighted by Crippen LogP contribution is -1.94. The lowest BCUT2D eigenvalue weighted by Gasteiger charge is -1.97. The second-order valence-corrected chi connectivity index (χ2v) is 4.08. The summed E-state index contributed by atoms with van der Waals surface area (Å²) in [5, 5.41) is 10.0. The minimum Gasteiger partial charge on any atom is -0.478 e. The fourth-order valence-corrected chi connectivity index (χ4v) is 2.01. The molecule has 2 N–H and O–H groups in total. The lowest BCUT2D eigenvalue weighted by atomic mass is 10.1. The van der Waals surface area contributed by atoms with Crippen molar-refractivity contribution in [2.75, 3.05) is 0 Å². The Morgan fingerprint density at radius 3 is 2.87 bits per heavy atom. The van der Waals surface area contributed by atoms with Gasteiger partial charge in [-0.15, -0.1) is 0 Å². The molecule has 0 radical (unpaired) electrons. The molecule has 1 aliphatic carbocycles. The monoisotopic (exact) mass is 201 g/mol. The Bertz CT molecular complexity index is 538. The minimum absolute atomic E-state index is 0.340. The van der Waals surface area contributed by atoms with Crippen LogP contribution in [-0.2, 0) is 0 Å². The fraction of sp³-hybridized carbons (Fsp3) is 0.250. The first kappa shape index (κ1) is 8.53. The standard InChI is InChI=1S/C12H11NO2/c14-12(15)8-3-4-9-10(7-1-2-7)6-13-11(9)5-8/h3-7,13H,1-2H2,(H,14,15). The first-order valence-corrected chi connectivity index (χ1v) is 5.10. The van der Waals surface area contributed by atoms with Crippen LogP contribution in [0.5, 0.6) is 0 Å². The molecule has 1 saturated carbocycles. The predicted octanol–water partition coefficient (Wildman–Crippen LogP) is 2.74. The molecule has 76 valence electrons. The Morgan fingerprint density at radius 1 is 1.40 bits per heavy atom. The van der Waals surface area contributed by atoms with Crippen LogP contribution in [-0.4, -0.2) is 16.1 Å². The van der Waals surface area contributed by atoms with Gasteiger partial charge in [0.25, 0.3) is 0 Å². The average Bonchev–Trinajstić information content (AvgIpc) is 2.98. The first-order chi connectivity index (χ1) is 7.25. The molecule has 3 nitrogen and oxygen atoms in total. The van der Waals surface area contributed by atoms with Crippen LogP contribution in [0.25, 0.3) is 10.9 Å². The lowest BCUT2D eigenvalue weighted by molar-refractivity contribution is 0.0697. The normalized spacial score (nSPS) is 15.7. The zero-order valence-corrected chi connectivity index (χ0v) is 8.16. The third-order valence-corrected chi connectivity index (χ3v) is 2.98. The van der Waals surface area contributed by atoms with E-state index in [1.165, 1.54) is 23.8 Å². The summed E-state index contributed by atoms with van der Waals surface area (Å²) >= 11 is 0. The number of hydrogen-bond donors (Lipinski definition) is 2. The molecule has 0 saturated heterocycles. The number of aromatic nitrogens is 1. The molecular weight excluding hydrogens is 190 g/mol. The van der Waals surface area contributed by atoms with Crippen molar-refractivity contribution in [2.45, 2.75) is 18.8 Å². The van der Waals surface area contributed by atoms with Crippen LogP contribution in [0.1, 0.15) is 34.7 Å². The SMILES string of the molecule is O=C(O)c1ccc2c(C3CC3)c[nH]c2c1. The van der Waals surface area contributed by atoms with Gasteiger partial charge in [0.2, 0.25) is 0 Å². The molecule has 3 rings (SSSR count). The van der Waals surface area contributed by atoms with E-state index in [-0.39, 0.29) is 0 Å². The molecule has 0 atom stereocenters. The summed E-state index contributed by atoms with van der Waals surface area (Å²) in [7, 11) is 0. The molecule has 0 unspecified atom stereocenters. The number of nitrogens with one attached hydrogen (secondary N) is 1. The maximum absolute atomic E-state index is 10.8. The van der Waals surface area contributed by atoms with E-state index >= 15 is 0 Å². The molecule has 0 amide bonds. The molecule has 1 aliphatic rings. The number of aromatic carboxylic acids is 1. The number of rotatable bonds is 2. The molecule has 2 aromatic rings. The van der Waals surface area contributed by atoms with Crippen LogP contribution in [0.2, 0.25) is 0 Å². The van der Waals surface area contributed by atoms with E-state index in [1.807, 2.05) is 12.3 Å². The van der Waals surface area contributed by atoms with E-state index in [0.29, 0.717) is 11.5 Å². The molecule has 0 bridgehead atoms. The van der Waals surface area contributed by atoms with Crippen molar-refractivity contribution < 1.29 is 9.90 Å². The Hall–Kier alpha value is -1.77. The molecule has 1 aromatic heterocycles. The summed E-state index contributed by atoms with van der Waals surface area (Å²) in [6.45, 7) is 0. The zero-order valence-electron chi connectivity index (χ0n) is 8.16. The van der Waals surface area contributed by atoms with E-state index < -0.39 is 5.97 Å². The van der Waals surface area contributed by atoms with E-state index in [2.05, 4.69) is 4.98 Å². The Labute approximate surface area is 86.7 Å². The van der Waals surface area contributed by atoms with Gasteiger partial charge in [0, 0.05) is 17.1 Å². The third-order valence-electron chi connectivity index (χ3n) is 2.98. The smallest absolute Gasteiger partial charge is 0.335 e. The van der Waals surface area contributed by atoms with Crippen molar-refractivity contribution in [3.05, 3.63) is 35.5 Å². The maximum atomic E-state index is 10.8. The summed E-state index contributed by atoms with van der Waals surface area (Å²) < 4.78 is 0. The largest absolute Gasteiger partial charge is 0.478 e. The van der Waals surface area contributed by atoms with E-state index in [1.54, 1.807) is 12.1 Å². The summed E-state index contributed by atoms with van der Waals surface area (Å²) in [4.78, 5) is 13.9.